The molecule has 0 aromatic carbocycles. The molecule has 2 aromatic rings. The SMILES string of the molecule is CC[C@H](CO)[C@@H](O)[C@@H](O)Nc1nc(NCC(C)(C)C)nc(C)c1-c1nc2c(s1)CCN(C)C2. The number of rotatable bonds is 9. The van der Waals surface area contributed by atoms with Crippen LogP contribution in [0.3, 0.4) is 0 Å². The van der Waals surface area contributed by atoms with Gasteiger partial charge in [-0.25, -0.2) is 9.97 Å². The van der Waals surface area contributed by atoms with Crippen LogP contribution in [0.2, 0.25) is 0 Å². The van der Waals surface area contributed by atoms with Crippen molar-refractivity contribution < 1.29 is 15.3 Å². The van der Waals surface area contributed by atoms with E-state index in [9.17, 15) is 15.3 Å². The van der Waals surface area contributed by atoms with Crippen molar-refractivity contribution in [1.29, 1.82) is 0 Å². The van der Waals surface area contributed by atoms with Crippen molar-refractivity contribution in [3.05, 3.63) is 16.3 Å². The van der Waals surface area contributed by atoms with Crippen LogP contribution in [0.1, 0.15) is 50.4 Å². The lowest BCUT2D eigenvalue weighted by atomic mass is 9.97. The first-order chi connectivity index (χ1) is 15.5. The van der Waals surface area contributed by atoms with Gasteiger partial charge in [-0.1, -0.05) is 27.7 Å². The average Bonchev–Trinajstić information content (AvgIpc) is 3.14. The summed E-state index contributed by atoms with van der Waals surface area (Å²) in [5, 5.41) is 37.9. The number of hydrogen-bond acceptors (Lipinski definition) is 10. The van der Waals surface area contributed by atoms with Crippen molar-refractivity contribution >= 4 is 23.1 Å². The van der Waals surface area contributed by atoms with E-state index in [0.717, 1.165) is 41.5 Å². The van der Waals surface area contributed by atoms with Gasteiger partial charge in [0.1, 0.15) is 16.9 Å². The quantitative estimate of drug-likeness (QED) is 0.345. The van der Waals surface area contributed by atoms with Gasteiger partial charge in [-0.15, -0.1) is 11.3 Å². The molecule has 1 aliphatic rings. The van der Waals surface area contributed by atoms with Crippen molar-refractivity contribution in [2.24, 2.45) is 11.3 Å². The van der Waals surface area contributed by atoms with Gasteiger partial charge in [-0.2, -0.15) is 4.98 Å². The predicted molar refractivity (Wildman–Crippen MR) is 132 cm³/mol. The molecule has 2 aromatic heterocycles. The summed E-state index contributed by atoms with van der Waals surface area (Å²) in [5.41, 5.74) is 2.56. The molecule has 0 aliphatic carbocycles. The molecular formula is C23H38N6O3S. The highest BCUT2D eigenvalue weighted by molar-refractivity contribution is 7.15. The second kappa shape index (κ2) is 10.6. The second-order valence-electron chi connectivity index (χ2n) is 10.1. The summed E-state index contributed by atoms with van der Waals surface area (Å²) in [4.78, 5) is 17.7. The molecular weight excluding hydrogens is 440 g/mol. The fourth-order valence-electron chi connectivity index (χ4n) is 3.75. The van der Waals surface area contributed by atoms with E-state index < -0.39 is 18.2 Å². The normalized spacial score (nSPS) is 17.4. The number of aliphatic hydroxyl groups is 3. The summed E-state index contributed by atoms with van der Waals surface area (Å²) < 4.78 is 0. The van der Waals surface area contributed by atoms with Crippen LogP contribution in [0, 0.1) is 18.3 Å². The zero-order valence-corrected chi connectivity index (χ0v) is 21.3. The van der Waals surface area contributed by atoms with Crippen LogP contribution >= 0.6 is 11.3 Å². The number of nitrogens with zero attached hydrogens (tertiary/aromatic N) is 4. The van der Waals surface area contributed by atoms with Gasteiger partial charge in [0.25, 0.3) is 0 Å². The molecule has 10 heteroatoms. The summed E-state index contributed by atoms with van der Waals surface area (Å²) in [6.07, 6.45) is -0.955. The van der Waals surface area contributed by atoms with Gasteiger partial charge in [-0.05, 0) is 32.2 Å². The lowest BCUT2D eigenvalue weighted by molar-refractivity contribution is -0.0203. The Kier molecular flexibility index (Phi) is 8.28. The number of aromatic nitrogens is 3. The summed E-state index contributed by atoms with van der Waals surface area (Å²) in [7, 11) is 2.09. The van der Waals surface area contributed by atoms with Crippen molar-refractivity contribution in [2.45, 2.75) is 66.3 Å². The number of anilines is 2. The number of aliphatic hydroxyl groups excluding tert-OH is 3. The maximum Gasteiger partial charge on any atom is 0.224 e. The summed E-state index contributed by atoms with van der Waals surface area (Å²) >= 11 is 1.63. The van der Waals surface area contributed by atoms with E-state index >= 15 is 0 Å². The Balaban J connectivity index is 1.99. The highest BCUT2D eigenvalue weighted by Crippen LogP contribution is 2.37. The van der Waals surface area contributed by atoms with E-state index in [1.165, 1.54) is 4.88 Å². The Hall–Kier alpha value is -1.85. The summed E-state index contributed by atoms with van der Waals surface area (Å²) in [5.74, 6) is 0.420. The van der Waals surface area contributed by atoms with Crippen LogP contribution in [0.4, 0.5) is 11.8 Å². The zero-order valence-electron chi connectivity index (χ0n) is 20.5. The van der Waals surface area contributed by atoms with E-state index in [1.54, 1.807) is 11.3 Å². The topological polar surface area (TPSA) is 127 Å². The molecule has 9 nitrogen and oxygen atoms in total. The first-order valence-electron chi connectivity index (χ1n) is 11.6. The minimum absolute atomic E-state index is 0.0368. The maximum absolute atomic E-state index is 10.7. The van der Waals surface area contributed by atoms with Crippen LogP contribution in [-0.4, -0.2) is 74.2 Å². The molecule has 0 fully saturated rings. The molecule has 0 spiro atoms. The minimum Gasteiger partial charge on any atom is -0.396 e. The number of hydrogen-bond donors (Lipinski definition) is 5. The highest BCUT2D eigenvalue weighted by Gasteiger charge is 2.28. The second-order valence-corrected chi connectivity index (χ2v) is 11.2. The summed E-state index contributed by atoms with van der Waals surface area (Å²) in [6, 6.07) is 0. The fraction of sp³-hybridized carbons (Fsp3) is 0.696. The number of nitrogens with one attached hydrogen (secondary N) is 2. The standard InChI is InChI=1S/C23H38N6O3S/c1-7-14(11-30)18(31)20(32)27-19-17(13(2)25-22(28-19)24-12-23(3,4)5)21-26-15-10-29(6)9-8-16(15)33-21/h14,18,20,30-32H,7-12H2,1-6H3,(H2,24,25,27,28)/t14-,18-,20-/m1/s1. The monoisotopic (exact) mass is 478 g/mol. The van der Waals surface area contributed by atoms with Crippen LogP contribution in [0.15, 0.2) is 0 Å². The zero-order chi connectivity index (χ0) is 24.3. The van der Waals surface area contributed by atoms with Crippen molar-refractivity contribution in [1.82, 2.24) is 19.9 Å². The Bertz CT molecular complexity index is 941. The Labute approximate surface area is 200 Å². The van der Waals surface area contributed by atoms with Gasteiger partial charge in [-0.3, -0.25) is 0 Å². The maximum atomic E-state index is 10.7. The third-order valence-electron chi connectivity index (χ3n) is 5.85. The Morgan fingerprint density at radius 2 is 1.91 bits per heavy atom. The van der Waals surface area contributed by atoms with E-state index in [-0.39, 0.29) is 12.0 Å². The molecule has 0 saturated carbocycles. The molecule has 3 atom stereocenters. The average molecular weight is 479 g/mol. The van der Waals surface area contributed by atoms with E-state index in [4.69, 9.17) is 4.98 Å². The van der Waals surface area contributed by atoms with Gasteiger partial charge < -0.3 is 30.9 Å². The number of likely N-dealkylation sites (N-methyl/N-ethyl adjacent to an activating group) is 1. The van der Waals surface area contributed by atoms with Crippen molar-refractivity contribution in [3.63, 3.8) is 0 Å². The third-order valence-corrected chi connectivity index (χ3v) is 7.02. The molecule has 33 heavy (non-hydrogen) atoms. The smallest absolute Gasteiger partial charge is 0.224 e. The molecule has 3 heterocycles. The third kappa shape index (κ3) is 6.39. The van der Waals surface area contributed by atoms with Crippen molar-refractivity contribution in [3.8, 4) is 10.6 Å². The molecule has 5 N–H and O–H groups in total. The van der Waals surface area contributed by atoms with Crippen LogP contribution in [0.5, 0.6) is 0 Å². The fourth-order valence-corrected chi connectivity index (χ4v) is 4.91. The molecule has 184 valence electrons. The van der Waals surface area contributed by atoms with Crippen molar-refractivity contribution in [2.75, 3.05) is 37.4 Å². The lowest BCUT2D eigenvalue weighted by Crippen LogP contribution is -2.40. The summed E-state index contributed by atoms with van der Waals surface area (Å²) in [6.45, 7) is 12.4. The Morgan fingerprint density at radius 3 is 2.55 bits per heavy atom. The molecule has 0 bridgehead atoms. The molecule has 0 radical (unpaired) electrons. The molecule has 0 saturated heterocycles. The first-order valence-corrected chi connectivity index (χ1v) is 12.4. The minimum atomic E-state index is -1.30. The van der Waals surface area contributed by atoms with Crippen LogP contribution in [-0.2, 0) is 13.0 Å². The van der Waals surface area contributed by atoms with Gasteiger partial charge in [0, 0.05) is 37.0 Å². The molecule has 3 rings (SSSR count). The molecule has 1 aliphatic heterocycles. The van der Waals surface area contributed by atoms with E-state index in [1.807, 2.05) is 13.8 Å². The molecule has 0 amide bonds. The van der Waals surface area contributed by atoms with Crippen LogP contribution < -0.4 is 10.6 Å². The van der Waals surface area contributed by atoms with E-state index in [0.29, 0.717) is 24.7 Å². The first kappa shape index (κ1) is 25.8. The molecule has 0 unspecified atom stereocenters. The Morgan fingerprint density at radius 1 is 1.18 bits per heavy atom. The van der Waals surface area contributed by atoms with Crippen LogP contribution in [0.25, 0.3) is 10.6 Å². The largest absolute Gasteiger partial charge is 0.396 e. The number of aryl methyl sites for hydroxylation is 1. The highest BCUT2D eigenvalue weighted by atomic mass is 32.1. The lowest BCUT2D eigenvalue weighted by Gasteiger charge is -2.26. The predicted octanol–water partition coefficient (Wildman–Crippen LogP) is 2.46. The number of fused-ring (bicyclic) bond motifs is 1. The number of thiazole rings is 1. The van der Waals surface area contributed by atoms with Gasteiger partial charge in [0.15, 0.2) is 6.23 Å². The van der Waals surface area contributed by atoms with Gasteiger partial charge in [0.2, 0.25) is 5.95 Å². The van der Waals surface area contributed by atoms with Gasteiger partial charge >= 0.3 is 0 Å². The van der Waals surface area contributed by atoms with Gasteiger partial charge in [0.05, 0.1) is 17.0 Å². The van der Waals surface area contributed by atoms with E-state index in [2.05, 4.69) is 53.3 Å².